The molecule has 8 heteroatoms. The summed E-state index contributed by atoms with van der Waals surface area (Å²) in [7, 11) is -3.89. The molecule has 2 rings (SSSR count). The average Bonchev–Trinajstić information content (AvgIpc) is 2.23. The van der Waals surface area contributed by atoms with Crippen molar-refractivity contribution in [1.29, 1.82) is 0 Å². The molecule has 7 nitrogen and oxygen atoms in total. The molecular weight excluding hydrogens is 258 g/mol. The first-order chi connectivity index (χ1) is 8.40. The highest BCUT2D eigenvalue weighted by Gasteiger charge is 2.30. The first-order valence-corrected chi connectivity index (χ1v) is 6.95. The van der Waals surface area contributed by atoms with Crippen LogP contribution in [0.5, 0.6) is 0 Å². The SMILES string of the molecule is Nc1ccc([N+](=O)[O-])c(S(=O)(=O)NC2CCC2)c1. The molecule has 0 bridgehead atoms. The molecule has 0 amide bonds. The van der Waals surface area contributed by atoms with Crippen LogP contribution < -0.4 is 10.5 Å². The lowest BCUT2D eigenvalue weighted by Gasteiger charge is -2.25. The summed E-state index contributed by atoms with van der Waals surface area (Å²) >= 11 is 0. The molecule has 3 N–H and O–H groups in total. The van der Waals surface area contributed by atoms with E-state index in [1.807, 2.05) is 0 Å². The summed E-state index contributed by atoms with van der Waals surface area (Å²) in [6.07, 6.45) is 2.48. The summed E-state index contributed by atoms with van der Waals surface area (Å²) in [6, 6.07) is 3.39. The Kier molecular flexibility index (Phi) is 3.22. The van der Waals surface area contributed by atoms with Crippen molar-refractivity contribution >= 4 is 21.4 Å². The van der Waals surface area contributed by atoms with Crippen LogP contribution in [0, 0.1) is 10.1 Å². The highest BCUT2D eigenvalue weighted by molar-refractivity contribution is 7.89. The van der Waals surface area contributed by atoms with E-state index >= 15 is 0 Å². The number of nitro benzene ring substituents is 1. The first kappa shape index (κ1) is 12.8. The molecule has 1 saturated carbocycles. The van der Waals surface area contributed by atoms with E-state index in [1.54, 1.807) is 0 Å². The van der Waals surface area contributed by atoms with Crippen molar-refractivity contribution in [1.82, 2.24) is 4.72 Å². The number of nitrogens with zero attached hydrogens (tertiary/aromatic N) is 1. The van der Waals surface area contributed by atoms with E-state index in [0.717, 1.165) is 31.4 Å². The Labute approximate surface area is 104 Å². The predicted octanol–water partition coefficient (Wildman–Crippen LogP) is 1.01. The summed E-state index contributed by atoms with van der Waals surface area (Å²) in [6.45, 7) is 0. The topological polar surface area (TPSA) is 115 Å². The molecule has 0 unspecified atom stereocenters. The van der Waals surface area contributed by atoms with Crippen molar-refractivity contribution in [3.8, 4) is 0 Å². The van der Waals surface area contributed by atoms with Crippen LogP contribution in [-0.2, 0) is 10.0 Å². The van der Waals surface area contributed by atoms with Crippen LogP contribution in [0.1, 0.15) is 19.3 Å². The minimum atomic E-state index is -3.89. The van der Waals surface area contributed by atoms with Crippen LogP contribution in [0.3, 0.4) is 0 Å². The summed E-state index contributed by atoms with van der Waals surface area (Å²) < 4.78 is 26.5. The lowest BCUT2D eigenvalue weighted by Crippen LogP contribution is -2.39. The van der Waals surface area contributed by atoms with Crippen molar-refractivity contribution in [3.63, 3.8) is 0 Å². The maximum atomic E-state index is 12.0. The average molecular weight is 271 g/mol. The third kappa shape index (κ3) is 2.44. The zero-order chi connectivity index (χ0) is 13.3. The highest BCUT2D eigenvalue weighted by atomic mass is 32.2. The third-order valence-corrected chi connectivity index (χ3v) is 4.45. The standard InChI is InChI=1S/C10H13N3O4S/c11-7-4-5-9(13(14)15)10(6-7)18(16,17)12-8-2-1-3-8/h4-6,8,12H,1-3,11H2. The van der Waals surface area contributed by atoms with Gasteiger partial charge in [-0.05, 0) is 25.0 Å². The highest BCUT2D eigenvalue weighted by Crippen LogP contribution is 2.28. The van der Waals surface area contributed by atoms with Crippen molar-refractivity contribution < 1.29 is 13.3 Å². The summed E-state index contributed by atoms with van der Waals surface area (Å²) in [5, 5.41) is 10.8. The van der Waals surface area contributed by atoms with Crippen LogP contribution >= 0.6 is 0 Å². The quantitative estimate of drug-likeness (QED) is 0.481. The van der Waals surface area contributed by atoms with Gasteiger partial charge in [-0.1, -0.05) is 6.42 Å². The molecule has 0 saturated heterocycles. The molecule has 98 valence electrons. The van der Waals surface area contributed by atoms with Gasteiger partial charge in [0.2, 0.25) is 10.0 Å². The van der Waals surface area contributed by atoms with Crippen molar-refractivity contribution in [2.45, 2.75) is 30.2 Å². The van der Waals surface area contributed by atoms with Gasteiger partial charge in [-0.3, -0.25) is 10.1 Å². The van der Waals surface area contributed by atoms with Crippen LogP contribution in [0.4, 0.5) is 11.4 Å². The second-order valence-corrected chi connectivity index (χ2v) is 5.92. The normalized spacial score (nSPS) is 16.2. The molecule has 18 heavy (non-hydrogen) atoms. The Morgan fingerprint density at radius 1 is 1.39 bits per heavy atom. The van der Waals surface area contributed by atoms with Crippen molar-refractivity contribution in [2.75, 3.05) is 5.73 Å². The van der Waals surface area contributed by atoms with Gasteiger partial charge in [0, 0.05) is 17.8 Å². The molecule has 1 aromatic rings. The largest absolute Gasteiger partial charge is 0.399 e. The number of hydrogen-bond donors (Lipinski definition) is 2. The van der Waals surface area contributed by atoms with Gasteiger partial charge in [-0.15, -0.1) is 0 Å². The van der Waals surface area contributed by atoms with Crippen LogP contribution in [0.2, 0.25) is 0 Å². The third-order valence-electron chi connectivity index (χ3n) is 2.90. The molecule has 0 spiro atoms. The second-order valence-electron chi connectivity index (χ2n) is 4.23. The number of nitrogens with one attached hydrogen (secondary N) is 1. The maximum absolute atomic E-state index is 12.0. The van der Waals surface area contributed by atoms with Gasteiger partial charge in [0.15, 0.2) is 4.90 Å². The van der Waals surface area contributed by atoms with Crippen LogP contribution in [0.25, 0.3) is 0 Å². The molecule has 1 aliphatic carbocycles. The molecule has 0 heterocycles. The predicted molar refractivity (Wildman–Crippen MR) is 65.5 cm³/mol. The molecule has 0 atom stereocenters. The van der Waals surface area contributed by atoms with E-state index in [-0.39, 0.29) is 16.6 Å². The number of rotatable bonds is 4. The molecule has 0 radical (unpaired) electrons. The number of nitrogens with two attached hydrogens (primary N) is 1. The van der Waals surface area contributed by atoms with Crippen molar-refractivity contribution in [2.24, 2.45) is 0 Å². The second kappa shape index (κ2) is 4.54. The van der Waals surface area contributed by atoms with E-state index in [4.69, 9.17) is 5.73 Å². The number of nitro groups is 1. The van der Waals surface area contributed by atoms with E-state index in [0.29, 0.717) is 0 Å². The summed E-state index contributed by atoms with van der Waals surface area (Å²) in [5.41, 5.74) is 5.20. The number of benzene rings is 1. The van der Waals surface area contributed by atoms with E-state index < -0.39 is 20.6 Å². The van der Waals surface area contributed by atoms with Gasteiger partial charge in [-0.25, -0.2) is 13.1 Å². The van der Waals surface area contributed by atoms with E-state index in [2.05, 4.69) is 4.72 Å². The Hall–Kier alpha value is -1.67. The van der Waals surface area contributed by atoms with Gasteiger partial charge in [-0.2, -0.15) is 0 Å². The van der Waals surface area contributed by atoms with Crippen LogP contribution in [0.15, 0.2) is 23.1 Å². The van der Waals surface area contributed by atoms with Gasteiger partial charge < -0.3 is 5.73 Å². The van der Waals surface area contributed by atoms with Crippen LogP contribution in [-0.4, -0.2) is 19.4 Å². The number of sulfonamides is 1. The molecule has 0 aliphatic heterocycles. The Morgan fingerprint density at radius 3 is 2.56 bits per heavy atom. The zero-order valence-electron chi connectivity index (χ0n) is 9.50. The number of anilines is 1. The fraction of sp³-hybridized carbons (Fsp3) is 0.400. The number of nitrogen functional groups attached to an aromatic ring is 1. The minimum Gasteiger partial charge on any atom is -0.399 e. The number of hydrogen-bond acceptors (Lipinski definition) is 5. The summed E-state index contributed by atoms with van der Waals surface area (Å²) in [4.78, 5) is 9.72. The fourth-order valence-corrected chi connectivity index (χ4v) is 3.22. The van der Waals surface area contributed by atoms with E-state index in [1.165, 1.54) is 6.07 Å². The molecule has 1 aliphatic rings. The van der Waals surface area contributed by atoms with Gasteiger partial charge in [0.05, 0.1) is 4.92 Å². The Bertz CT molecular complexity index is 581. The zero-order valence-corrected chi connectivity index (χ0v) is 10.3. The first-order valence-electron chi connectivity index (χ1n) is 5.46. The Morgan fingerprint density at radius 2 is 2.06 bits per heavy atom. The van der Waals surface area contributed by atoms with Gasteiger partial charge >= 0.3 is 0 Å². The lowest BCUT2D eigenvalue weighted by molar-refractivity contribution is -0.387. The van der Waals surface area contributed by atoms with Gasteiger partial charge in [0.1, 0.15) is 0 Å². The molecule has 0 aromatic heterocycles. The smallest absolute Gasteiger partial charge is 0.289 e. The molecule has 1 fully saturated rings. The molecular formula is C10H13N3O4S. The maximum Gasteiger partial charge on any atom is 0.289 e. The Balaban J connectivity index is 2.41. The lowest BCUT2D eigenvalue weighted by atomic mass is 9.94. The van der Waals surface area contributed by atoms with E-state index in [9.17, 15) is 18.5 Å². The van der Waals surface area contributed by atoms with Crippen molar-refractivity contribution in [3.05, 3.63) is 28.3 Å². The monoisotopic (exact) mass is 271 g/mol. The fourth-order valence-electron chi connectivity index (χ4n) is 1.71. The minimum absolute atomic E-state index is 0.129. The van der Waals surface area contributed by atoms with Gasteiger partial charge in [0.25, 0.3) is 5.69 Å². The molecule has 1 aromatic carbocycles. The summed E-state index contributed by atoms with van der Waals surface area (Å²) in [5.74, 6) is 0.